The molecule has 1 amide bonds. The van der Waals surface area contributed by atoms with Gasteiger partial charge in [0.25, 0.3) is 5.69 Å². The maximum atomic E-state index is 12.5. The first-order valence-corrected chi connectivity index (χ1v) is 15.8. The van der Waals surface area contributed by atoms with Crippen LogP contribution < -0.4 is 10.1 Å². The van der Waals surface area contributed by atoms with Crippen molar-refractivity contribution in [3.05, 3.63) is 48.7 Å². The average molecular weight is 637 g/mol. The summed E-state index contributed by atoms with van der Waals surface area (Å²) in [6, 6.07) is -0.927. The van der Waals surface area contributed by atoms with Crippen molar-refractivity contribution in [1.82, 2.24) is 10.2 Å². The smallest absolute Gasteiger partial charge is 0.414 e. The number of nitro groups is 2. The number of nitrogens with zero attached hydrogens (tertiary/aromatic N) is 3. The summed E-state index contributed by atoms with van der Waals surface area (Å²) < 4.78 is 5.64. The van der Waals surface area contributed by atoms with Crippen molar-refractivity contribution in [2.75, 3.05) is 6.61 Å². The van der Waals surface area contributed by atoms with Gasteiger partial charge in [-0.3, -0.25) is 20.2 Å². The number of benzene rings is 1. The van der Waals surface area contributed by atoms with Gasteiger partial charge in [0.15, 0.2) is 5.11 Å². The van der Waals surface area contributed by atoms with Crippen LogP contribution in [0.15, 0.2) is 17.3 Å². The lowest BCUT2D eigenvalue weighted by Crippen LogP contribution is -2.50. The Morgan fingerprint density at radius 2 is 1.41 bits per heavy atom. The Balaban J connectivity index is 2.41. The summed E-state index contributed by atoms with van der Waals surface area (Å²) in [6.45, 7) is 5.02. The highest BCUT2D eigenvalue weighted by atomic mass is 32.1. The van der Waals surface area contributed by atoms with Crippen LogP contribution >= 0.6 is 12.2 Å². The van der Waals surface area contributed by atoms with Crippen LogP contribution in [0.2, 0.25) is 0 Å². The lowest BCUT2D eigenvalue weighted by Gasteiger charge is -2.37. The number of carbonyl (C=O) groups is 2. The van der Waals surface area contributed by atoms with Gasteiger partial charge in [-0.25, -0.2) is 14.5 Å². The standard InChI is InChI=1S/C30H44N4O9S/c1-4-6-7-8-9-10-11-12-13-14-15-16-17-18-21-22(33(39)40)19-23(34(41)42)27(43-5-2)25(21)26-24(28(35)36)20(3)31-29(44)32(26)30(37)38/h19,26H,4-18H2,1-3H3,(H,31,44)(H,35,36)(H,37,38). The molecule has 0 saturated heterocycles. The van der Waals surface area contributed by atoms with E-state index >= 15 is 0 Å². The van der Waals surface area contributed by atoms with Crippen molar-refractivity contribution in [2.24, 2.45) is 0 Å². The molecule has 44 heavy (non-hydrogen) atoms. The summed E-state index contributed by atoms with van der Waals surface area (Å²) in [7, 11) is 0. The fourth-order valence-electron chi connectivity index (χ4n) is 5.65. The number of amides is 1. The monoisotopic (exact) mass is 636 g/mol. The lowest BCUT2D eigenvalue weighted by molar-refractivity contribution is -0.395. The van der Waals surface area contributed by atoms with E-state index in [1.807, 2.05) is 0 Å². The average Bonchev–Trinajstić information content (AvgIpc) is 2.94. The number of carboxylic acids is 1. The molecule has 1 aliphatic rings. The molecule has 1 aromatic rings. The Morgan fingerprint density at radius 3 is 1.84 bits per heavy atom. The zero-order valence-corrected chi connectivity index (χ0v) is 26.6. The van der Waals surface area contributed by atoms with Crippen LogP contribution in [0.25, 0.3) is 0 Å². The fourth-order valence-corrected chi connectivity index (χ4v) is 5.99. The van der Waals surface area contributed by atoms with Crippen molar-refractivity contribution in [3.63, 3.8) is 0 Å². The number of hydrogen-bond acceptors (Lipinski definition) is 8. The molecule has 2 rings (SSSR count). The first-order valence-electron chi connectivity index (χ1n) is 15.4. The first kappa shape index (κ1) is 36.4. The molecule has 14 heteroatoms. The maximum Gasteiger partial charge on any atom is 0.414 e. The molecular formula is C30H44N4O9S. The number of hydrogen-bond donors (Lipinski definition) is 3. The number of aliphatic carboxylic acids is 1. The highest BCUT2D eigenvalue weighted by Gasteiger charge is 2.45. The summed E-state index contributed by atoms with van der Waals surface area (Å²) in [5.74, 6) is -1.93. The van der Waals surface area contributed by atoms with E-state index in [4.69, 9.17) is 17.0 Å². The van der Waals surface area contributed by atoms with Crippen LogP contribution in [0.1, 0.15) is 121 Å². The molecule has 13 nitrogen and oxygen atoms in total. The van der Waals surface area contributed by atoms with Gasteiger partial charge in [-0.05, 0) is 38.9 Å². The van der Waals surface area contributed by atoms with E-state index in [1.54, 1.807) is 6.92 Å². The molecular weight excluding hydrogens is 592 g/mol. The molecule has 0 spiro atoms. The Kier molecular flexibility index (Phi) is 15.0. The van der Waals surface area contributed by atoms with Gasteiger partial charge in [0.05, 0.1) is 28.1 Å². The van der Waals surface area contributed by atoms with Crippen LogP contribution in [0, 0.1) is 20.2 Å². The van der Waals surface area contributed by atoms with Gasteiger partial charge in [-0.15, -0.1) is 0 Å². The van der Waals surface area contributed by atoms with Gasteiger partial charge in [0, 0.05) is 16.8 Å². The van der Waals surface area contributed by atoms with E-state index in [-0.39, 0.29) is 35.0 Å². The molecule has 1 aliphatic heterocycles. The molecule has 0 radical (unpaired) electrons. The van der Waals surface area contributed by atoms with Crippen LogP contribution in [0.5, 0.6) is 5.75 Å². The van der Waals surface area contributed by atoms with Crippen molar-refractivity contribution < 1.29 is 34.4 Å². The zero-order valence-electron chi connectivity index (χ0n) is 25.8. The molecule has 0 fully saturated rings. The number of unbranched alkanes of at least 4 members (excludes halogenated alkanes) is 12. The second kappa shape index (κ2) is 18.1. The minimum Gasteiger partial charge on any atom is -0.487 e. The molecule has 1 atom stereocenters. The molecule has 1 aromatic carbocycles. The Bertz CT molecular complexity index is 1250. The molecule has 3 N–H and O–H groups in total. The van der Waals surface area contributed by atoms with E-state index in [0.717, 1.165) is 31.7 Å². The van der Waals surface area contributed by atoms with Gasteiger partial charge >= 0.3 is 17.7 Å². The lowest BCUT2D eigenvalue weighted by atomic mass is 9.86. The Labute approximate surface area is 262 Å². The first-order chi connectivity index (χ1) is 21.0. The van der Waals surface area contributed by atoms with Crippen molar-refractivity contribution >= 4 is 40.8 Å². The number of thiocarbonyl (C=S) groups is 1. The van der Waals surface area contributed by atoms with Crippen molar-refractivity contribution in [3.8, 4) is 5.75 Å². The second-order valence-corrected chi connectivity index (χ2v) is 11.3. The zero-order chi connectivity index (χ0) is 32.8. The third-order valence-electron chi connectivity index (χ3n) is 7.76. The number of carboxylic acid groups (broad SMARTS) is 2. The summed E-state index contributed by atoms with van der Waals surface area (Å²) >= 11 is 5.21. The maximum absolute atomic E-state index is 12.5. The number of nitrogens with one attached hydrogen (secondary N) is 1. The van der Waals surface area contributed by atoms with E-state index < -0.39 is 50.6 Å². The van der Waals surface area contributed by atoms with Gasteiger partial charge in [0.2, 0.25) is 5.75 Å². The summed E-state index contributed by atoms with van der Waals surface area (Å²) in [6.07, 6.45) is 12.5. The van der Waals surface area contributed by atoms with Crippen LogP contribution in [0.4, 0.5) is 16.2 Å². The van der Waals surface area contributed by atoms with Crippen LogP contribution in [-0.2, 0) is 11.2 Å². The number of nitro benzene ring substituents is 2. The molecule has 1 heterocycles. The van der Waals surface area contributed by atoms with E-state index in [2.05, 4.69) is 12.2 Å². The van der Waals surface area contributed by atoms with Crippen LogP contribution in [-0.4, -0.2) is 48.7 Å². The number of ether oxygens (including phenoxy) is 1. The minimum absolute atomic E-state index is 0.00789. The topological polar surface area (TPSA) is 185 Å². The molecule has 0 aromatic heterocycles. The van der Waals surface area contributed by atoms with E-state index in [1.165, 1.54) is 51.9 Å². The Morgan fingerprint density at radius 1 is 0.909 bits per heavy atom. The highest BCUT2D eigenvalue weighted by Crippen LogP contribution is 2.48. The number of rotatable bonds is 20. The van der Waals surface area contributed by atoms with Crippen LogP contribution in [0.3, 0.4) is 0 Å². The Hall–Kier alpha value is -3.81. The highest BCUT2D eigenvalue weighted by molar-refractivity contribution is 7.80. The van der Waals surface area contributed by atoms with Gasteiger partial charge in [-0.2, -0.15) is 0 Å². The van der Waals surface area contributed by atoms with E-state index in [0.29, 0.717) is 17.7 Å². The fraction of sp³-hybridized carbons (Fsp3) is 0.633. The third kappa shape index (κ3) is 9.60. The summed E-state index contributed by atoms with van der Waals surface area (Å²) in [5, 5.41) is 46.7. The molecule has 0 bridgehead atoms. The molecule has 0 aliphatic carbocycles. The normalized spacial score (nSPS) is 14.8. The molecule has 0 saturated carbocycles. The van der Waals surface area contributed by atoms with Crippen molar-refractivity contribution in [1.29, 1.82) is 0 Å². The largest absolute Gasteiger partial charge is 0.487 e. The third-order valence-corrected chi connectivity index (χ3v) is 8.05. The van der Waals surface area contributed by atoms with Crippen molar-refractivity contribution in [2.45, 2.75) is 117 Å². The summed E-state index contributed by atoms with van der Waals surface area (Å²) in [4.78, 5) is 48.1. The quantitative estimate of drug-likeness (QED) is 0.0548. The minimum atomic E-state index is -1.73. The van der Waals surface area contributed by atoms with Gasteiger partial charge < -0.3 is 20.3 Å². The van der Waals surface area contributed by atoms with Gasteiger partial charge in [-0.1, -0.05) is 84.0 Å². The summed E-state index contributed by atoms with van der Waals surface area (Å²) in [5.41, 5.74) is -2.10. The molecule has 244 valence electrons. The number of allylic oxidation sites excluding steroid dienone is 1. The van der Waals surface area contributed by atoms with E-state index in [9.17, 15) is 40.0 Å². The predicted molar refractivity (Wildman–Crippen MR) is 169 cm³/mol. The second-order valence-electron chi connectivity index (χ2n) is 10.9. The molecule has 1 unspecified atom stereocenters. The van der Waals surface area contributed by atoms with Gasteiger partial charge in [0.1, 0.15) is 6.04 Å². The SMILES string of the molecule is CCCCCCCCCCCCCCCc1c([N+](=O)[O-])cc([N+](=O)[O-])c(OCC)c1C1C(C(=O)O)=C(C)NC(=S)N1C(=O)O. The predicted octanol–water partition coefficient (Wildman–Crippen LogP) is 7.80.